The number of thioether (sulfide) groups is 1. The van der Waals surface area contributed by atoms with Crippen LogP contribution in [0.25, 0.3) is 15.8 Å². The summed E-state index contributed by atoms with van der Waals surface area (Å²) in [6.07, 6.45) is 1.42. The quantitative estimate of drug-likeness (QED) is 0.246. The van der Waals surface area contributed by atoms with Gasteiger partial charge in [0.1, 0.15) is 11.3 Å². The van der Waals surface area contributed by atoms with Gasteiger partial charge in [-0.3, -0.25) is 0 Å². The Hall–Kier alpha value is -2.51. The molecule has 0 aliphatic heterocycles. The van der Waals surface area contributed by atoms with Crippen molar-refractivity contribution in [3.8, 4) is 5.75 Å². The van der Waals surface area contributed by atoms with Crippen molar-refractivity contribution in [2.24, 2.45) is 0 Å². The molecule has 0 aliphatic carbocycles. The first-order valence-corrected chi connectivity index (χ1v) is 9.93. The van der Waals surface area contributed by atoms with Crippen LogP contribution in [0, 0.1) is 0 Å². The van der Waals surface area contributed by atoms with Crippen molar-refractivity contribution in [1.82, 2.24) is 4.98 Å². The lowest BCUT2D eigenvalue weighted by atomic mass is 10.0. The Morgan fingerprint density at radius 1 is 1.19 bits per heavy atom. The Labute approximate surface area is 166 Å². The maximum absolute atomic E-state index is 12.1. The highest BCUT2D eigenvalue weighted by Gasteiger charge is 2.17. The van der Waals surface area contributed by atoms with E-state index in [1.165, 1.54) is 20.5 Å². The van der Waals surface area contributed by atoms with E-state index in [2.05, 4.69) is 4.98 Å². The molecule has 0 aliphatic rings. The SMILES string of the molecule is CO/C=C(\C(=O)OC)c1ccccc1CSc1nc2cc(OC)ccc2s1. The molecule has 0 atom stereocenters. The second kappa shape index (κ2) is 8.92. The van der Waals surface area contributed by atoms with Crippen molar-refractivity contribution >= 4 is 44.9 Å². The van der Waals surface area contributed by atoms with Crippen molar-refractivity contribution in [1.29, 1.82) is 0 Å². The molecule has 0 amide bonds. The number of esters is 1. The predicted octanol–water partition coefficient (Wildman–Crippen LogP) is 4.76. The van der Waals surface area contributed by atoms with Gasteiger partial charge >= 0.3 is 5.97 Å². The zero-order valence-corrected chi connectivity index (χ0v) is 16.9. The first kappa shape index (κ1) is 19.3. The zero-order chi connectivity index (χ0) is 19.2. The van der Waals surface area contributed by atoms with E-state index in [1.807, 2.05) is 42.5 Å². The average molecular weight is 402 g/mol. The van der Waals surface area contributed by atoms with Crippen molar-refractivity contribution in [2.45, 2.75) is 10.1 Å². The van der Waals surface area contributed by atoms with Gasteiger partial charge in [-0.1, -0.05) is 36.0 Å². The fourth-order valence-electron chi connectivity index (χ4n) is 2.57. The van der Waals surface area contributed by atoms with Crippen molar-refractivity contribution in [3.05, 3.63) is 59.9 Å². The molecular formula is C20H19NO4S2. The van der Waals surface area contributed by atoms with Gasteiger partial charge in [0.2, 0.25) is 0 Å². The zero-order valence-electron chi connectivity index (χ0n) is 15.2. The van der Waals surface area contributed by atoms with Gasteiger partial charge in [-0.05, 0) is 23.3 Å². The van der Waals surface area contributed by atoms with Crippen LogP contribution in [0.5, 0.6) is 5.75 Å². The van der Waals surface area contributed by atoms with E-state index in [0.29, 0.717) is 11.3 Å². The molecule has 1 aromatic heterocycles. The van der Waals surface area contributed by atoms with Gasteiger partial charge in [-0.25, -0.2) is 9.78 Å². The molecule has 7 heteroatoms. The highest BCUT2D eigenvalue weighted by atomic mass is 32.2. The van der Waals surface area contributed by atoms with Crippen LogP contribution in [0.1, 0.15) is 11.1 Å². The fourth-order valence-corrected chi connectivity index (χ4v) is 4.63. The summed E-state index contributed by atoms with van der Waals surface area (Å²) in [5.74, 6) is 1.04. The molecule has 0 fully saturated rings. The lowest BCUT2D eigenvalue weighted by Gasteiger charge is -2.10. The Kier molecular flexibility index (Phi) is 6.36. The molecule has 3 aromatic rings. The molecule has 0 unspecified atom stereocenters. The van der Waals surface area contributed by atoms with Gasteiger partial charge in [0.05, 0.1) is 37.8 Å². The molecule has 0 radical (unpaired) electrons. The summed E-state index contributed by atoms with van der Waals surface area (Å²) in [6.45, 7) is 0. The topological polar surface area (TPSA) is 57.7 Å². The second-order valence-corrected chi connectivity index (χ2v) is 7.77. The summed E-state index contributed by atoms with van der Waals surface area (Å²) in [5.41, 5.74) is 3.12. The van der Waals surface area contributed by atoms with E-state index in [-0.39, 0.29) is 0 Å². The first-order valence-electron chi connectivity index (χ1n) is 8.13. The van der Waals surface area contributed by atoms with Crippen molar-refractivity contribution in [2.75, 3.05) is 21.3 Å². The smallest absolute Gasteiger partial charge is 0.341 e. The molecule has 27 heavy (non-hydrogen) atoms. The number of thiazole rings is 1. The van der Waals surface area contributed by atoms with Gasteiger partial charge in [-0.2, -0.15) is 0 Å². The largest absolute Gasteiger partial charge is 0.503 e. The van der Waals surface area contributed by atoms with Gasteiger partial charge < -0.3 is 14.2 Å². The van der Waals surface area contributed by atoms with E-state index in [0.717, 1.165) is 31.4 Å². The Morgan fingerprint density at radius 3 is 2.74 bits per heavy atom. The molecule has 1 heterocycles. The number of hydrogen-bond donors (Lipinski definition) is 0. The average Bonchev–Trinajstić information content (AvgIpc) is 3.12. The molecule has 0 N–H and O–H groups in total. The minimum Gasteiger partial charge on any atom is -0.503 e. The third kappa shape index (κ3) is 4.43. The van der Waals surface area contributed by atoms with E-state index in [1.54, 1.807) is 30.2 Å². The van der Waals surface area contributed by atoms with Gasteiger partial charge in [0.15, 0.2) is 4.34 Å². The fraction of sp³-hybridized carbons (Fsp3) is 0.200. The number of methoxy groups -OCH3 is 3. The molecule has 0 saturated heterocycles. The van der Waals surface area contributed by atoms with Crippen LogP contribution >= 0.6 is 23.1 Å². The summed E-state index contributed by atoms with van der Waals surface area (Å²) in [4.78, 5) is 16.8. The summed E-state index contributed by atoms with van der Waals surface area (Å²) in [7, 11) is 4.51. The third-order valence-electron chi connectivity index (χ3n) is 3.87. The number of rotatable bonds is 7. The molecule has 140 valence electrons. The number of hydrogen-bond acceptors (Lipinski definition) is 7. The second-order valence-electron chi connectivity index (χ2n) is 5.52. The normalized spacial score (nSPS) is 11.4. The molecule has 0 bridgehead atoms. The molecule has 3 rings (SSSR count). The number of carbonyl (C=O) groups excluding carboxylic acids is 1. The molecule has 0 saturated carbocycles. The van der Waals surface area contributed by atoms with Crippen LogP contribution in [-0.2, 0) is 20.0 Å². The molecular weight excluding hydrogens is 382 g/mol. The number of fused-ring (bicyclic) bond motifs is 1. The minimum atomic E-state index is -0.429. The van der Waals surface area contributed by atoms with Gasteiger partial charge in [0.25, 0.3) is 0 Å². The van der Waals surface area contributed by atoms with Gasteiger partial charge in [-0.15, -0.1) is 11.3 Å². The summed E-state index contributed by atoms with van der Waals surface area (Å²) in [6, 6.07) is 13.6. The van der Waals surface area contributed by atoms with Crippen molar-refractivity contribution < 1.29 is 19.0 Å². The monoisotopic (exact) mass is 401 g/mol. The number of ether oxygens (including phenoxy) is 3. The molecule has 2 aromatic carbocycles. The van der Waals surface area contributed by atoms with Crippen LogP contribution in [0.4, 0.5) is 0 Å². The number of carbonyl (C=O) groups is 1. The maximum Gasteiger partial charge on any atom is 0.341 e. The molecule has 0 spiro atoms. The Balaban J connectivity index is 1.84. The number of aromatic nitrogens is 1. The predicted molar refractivity (Wildman–Crippen MR) is 109 cm³/mol. The van der Waals surface area contributed by atoms with E-state index < -0.39 is 5.97 Å². The van der Waals surface area contributed by atoms with Crippen LogP contribution in [-0.4, -0.2) is 32.3 Å². The van der Waals surface area contributed by atoms with Crippen LogP contribution in [0.15, 0.2) is 53.1 Å². The number of benzene rings is 2. The number of nitrogens with zero attached hydrogens (tertiary/aromatic N) is 1. The standard InChI is InChI=1S/C20H19NO4S2/c1-23-11-16(19(22)25-3)15-7-5-4-6-13(15)12-26-20-21-17-10-14(24-2)8-9-18(17)27-20/h4-11H,12H2,1-3H3/b16-11-. The van der Waals surface area contributed by atoms with Crippen LogP contribution in [0.3, 0.4) is 0 Å². The third-order valence-corrected chi connectivity index (χ3v) is 6.10. The first-order chi connectivity index (χ1) is 13.2. The maximum atomic E-state index is 12.1. The Morgan fingerprint density at radius 2 is 2.00 bits per heavy atom. The summed E-state index contributed by atoms with van der Waals surface area (Å²) >= 11 is 3.26. The van der Waals surface area contributed by atoms with E-state index in [9.17, 15) is 4.79 Å². The summed E-state index contributed by atoms with van der Waals surface area (Å²) in [5, 5.41) is 0. The van der Waals surface area contributed by atoms with E-state index >= 15 is 0 Å². The van der Waals surface area contributed by atoms with Crippen molar-refractivity contribution in [3.63, 3.8) is 0 Å². The Bertz CT molecular complexity index is 981. The molecule has 5 nitrogen and oxygen atoms in total. The van der Waals surface area contributed by atoms with Crippen LogP contribution < -0.4 is 4.74 Å². The van der Waals surface area contributed by atoms with E-state index in [4.69, 9.17) is 14.2 Å². The van der Waals surface area contributed by atoms with Crippen LogP contribution in [0.2, 0.25) is 0 Å². The lowest BCUT2D eigenvalue weighted by molar-refractivity contribution is -0.133. The minimum absolute atomic E-state index is 0.394. The summed E-state index contributed by atoms with van der Waals surface area (Å²) < 4.78 is 17.3. The van der Waals surface area contributed by atoms with Gasteiger partial charge in [0, 0.05) is 11.8 Å². The highest BCUT2D eigenvalue weighted by molar-refractivity contribution is 8.00. The highest BCUT2D eigenvalue weighted by Crippen LogP contribution is 2.34. The lowest BCUT2D eigenvalue weighted by Crippen LogP contribution is -2.06.